The number of nitrogens with two attached hydrogens (primary N) is 1. The number of hydrogen-bond donors (Lipinski definition) is 1. The molecule has 1 saturated heterocycles. The van der Waals surface area contributed by atoms with Crippen LogP contribution in [0.5, 0.6) is 0 Å². The standard InChI is InChI=1S/C11H14F2N2/c12-9-1-2-11(13)8(5-9)6-15-4-3-10(14)7-15/h1-2,5,10H,3-4,6-7,14H2/t10-/m1/s1. The largest absolute Gasteiger partial charge is 0.326 e. The molecule has 1 aromatic carbocycles. The number of rotatable bonds is 2. The van der Waals surface area contributed by atoms with E-state index in [2.05, 4.69) is 0 Å². The van der Waals surface area contributed by atoms with Gasteiger partial charge in [0.2, 0.25) is 0 Å². The lowest BCUT2D eigenvalue weighted by Crippen LogP contribution is -2.26. The van der Waals surface area contributed by atoms with Crippen LogP contribution in [0.2, 0.25) is 0 Å². The highest BCUT2D eigenvalue weighted by molar-refractivity contribution is 5.18. The van der Waals surface area contributed by atoms with Gasteiger partial charge < -0.3 is 5.73 Å². The zero-order chi connectivity index (χ0) is 10.8. The van der Waals surface area contributed by atoms with Crippen LogP contribution in [0.3, 0.4) is 0 Å². The highest BCUT2D eigenvalue weighted by Gasteiger charge is 2.20. The lowest BCUT2D eigenvalue weighted by Gasteiger charge is -2.15. The topological polar surface area (TPSA) is 29.3 Å². The monoisotopic (exact) mass is 212 g/mol. The lowest BCUT2D eigenvalue weighted by atomic mass is 10.2. The number of halogens is 2. The second kappa shape index (κ2) is 4.24. The van der Waals surface area contributed by atoms with Crippen molar-refractivity contribution >= 4 is 0 Å². The summed E-state index contributed by atoms with van der Waals surface area (Å²) >= 11 is 0. The summed E-state index contributed by atoms with van der Waals surface area (Å²) in [5.74, 6) is -0.744. The number of benzene rings is 1. The molecule has 0 aromatic heterocycles. The predicted molar refractivity (Wildman–Crippen MR) is 54.2 cm³/mol. The van der Waals surface area contributed by atoms with Crippen LogP contribution in [0.4, 0.5) is 8.78 Å². The van der Waals surface area contributed by atoms with E-state index >= 15 is 0 Å². The third-order valence-corrected chi connectivity index (χ3v) is 2.71. The molecule has 2 rings (SSSR count). The molecule has 1 fully saturated rings. The maximum atomic E-state index is 13.3. The first-order valence-electron chi connectivity index (χ1n) is 5.07. The van der Waals surface area contributed by atoms with E-state index in [9.17, 15) is 8.78 Å². The van der Waals surface area contributed by atoms with Crippen molar-refractivity contribution in [2.24, 2.45) is 5.73 Å². The van der Waals surface area contributed by atoms with Gasteiger partial charge in [-0.1, -0.05) is 0 Å². The van der Waals surface area contributed by atoms with Crippen molar-refractivity contribution in [3.8, 4) is 0 Å². The van der Waals surface area contributed by atoms with Gasteiger partial charge in [-0.3, -0.25) is 4.90 Å². The van der Waals surface area contributed by atoms with Crippen LogP contribution in [0, 0.1) is 11.6 Å². The van der Waals surface area contributed by atoms with Crippen molar-refractivity contribution in [2.45, 2.75) is 19.0 Å². The van der Waals surface area contributed by atoms with Gasteiger partial charge in [-0.25, -0.2) is 8.78 Å². The van der Waals surface area contributed by atoms with E-state index in [1.807, 2.05) is 4.90 Å². The van der Waals surface area contributed by atoms with Gasteiger partial charge in [0.1, 0.15) is 11.6 Å². The van der Waals surface area contributed by atoms with Crippen LogP contribution in [0.1, 0.15) is 12.0 Å². The van der Waals surface area contributed by atoms with Gasteiger partial charge in [0.05, 0.1) is 0 Å². The third-order valence-electron chi connectivity index (χ3n) is 2.71. The van der Waals surface area contributed by atoms with Gasteiger partial charge in [-0.15, -0.1) is 0 Å². The molecule has 1 atom stereocenters. The van der Waals surface area contributed by atoms with E-state index < -0.39 is 5.82 Å². The Balaban J connectivity index is 2.07. The smallest absolute Gasteiger partial charge is 0.127 e. The zero-order valence-electron chi connectivity index (χ0n) is 8.42. The molecule has 0 bridgehead atoms. The molecule has 0 radical (unpaired) electrons. The molecule has 2 nitrogen and oxygen atoms in total. The van der Waals surface area contributed by atoms with Gasteiger partial charge in [-0.05, 0) is 24.6 Å². The first-order chi connectivity index (χ1) is 7.15. The molecular formula is C11H14F2N2. The molecule has 0 amide bonds. The Kier molecular flexibility index (Phi) is 2.98. The van der Waals surface area contributed by atoms with Crippen molar-refractivity contribution in [3.63, 3.8) is 0 Å². The molecular weight excluding hydrogens is 198 g/mol. The molecule has 0 saturated carbocycles. The molecule has 1 aromatic rings. The summed E-state index contributed by atoms with van der Waals surface area (Å²) in [5, 5.41) is 0. The Hall–Kier alpha value is -1.00. The Morgan fingerprint density at radius 3 is 2.87 bits per heavy atom. The lowest BCUT2D eigenvalue weighted by molar-refractivity contribution is 0.320. The van der Waals surface area contributed by atoms with Crippen molar-refractivity contribution < 1.29 is 8.78 Å². The molecule has 1 aliphatic rings. The Morgan fingerprint density at radius 1 is 1.40 bits per heavy atom. The van der Waals surface area contributed by atoms with Crippen molar-refractivity contribution in [2.75, 3.05) is 13.1 Å². The molecule has 0 aliphatic carbocycles. The van der Waals surface area contributed by atoms with Crippen molar-refractivity contribution in [1.29, 1.82) is 0 Å². The fraction of sp³-hybridized carbons (Fsp3) is 0.455. The number of hydrogen-bond acceptors (Lipinski definition) is 2. The summed E-state index contributed by atoms with van der Waals surface area (Å²) < 4.78 is 26.2. The van der Waals surface area contributed by atoms with Crippen LogP contribution >= 0.6 is 0 Å². The fourth-order valence-electron chi connectivity index (χ4n) is 1.91. The van der Waals surface area contributed by atoms with Crippen LogP contribution < -0.4 is 5.73 Å². The van der Waals surface area contributed by atoms with E-state index in [1.54, 1.807) is 0 Å². The summed E-state index contributed by atoms with van der Waals surface area (Å²) in [6, 6.07) is 3.72. The van der Waals surface area contributed by atoms with Crippen molar-refractivity contribution in [1.82, 2.24) is 4.90 Å². The number of nitrogens with zero attached hydrogens (tertiary/aromatic N) is 1. The number of likely N-dealkylation sites (tertiary alicyclic amines) is 1. The maximum Gasteiger partial charge on any atom is 0.127 e. The van der Waals surface area contributed by atoms with Crippen molar-refractivity contribution in [3.05, 3.63) is 35.4 Å². The highest BCUT2D eigenvalue weighted by Crippen LogP contribution is 2.15. The minimum Gasteiger partial charge on any atom is -0.326 e. The molecule has 1 aliphatic heterocycles. The van der Waals surface area contributed by atoms with Crippen LogP contribution in [-0.4, -0.2) is 24.0 Å². The molecule has 82 valence electrons. The fourth-order valence-corrected chi connectivity index (χ4v) is 1.91. The summed E-state index contributed by atoms with van der Waals surface area (Å²) in [4.78, 5) is 2.04. The molecule has 1 heterocycles. The average molecular weight is 212 g/mol. The normalized spacial score (nSPS) is 22.2. The van der Waals surface area contributed by atoms with Gasteiger partial charge >= 0.3 is 0 Å². The average Bonchev–Trinajstić information content (AvgIpc) is 2.58. The first kappa shape index (κ1) is 10.5. The van der Waals surface area contributed by atoms with Gasteiger partial charge in [0, 0.05) is 31.2 Å². The summed E-state index contributed by atoms with van der Waals surface area (Å²) in [6.45, 7) is 2.06. The Labute approximate surface area is 87.7 Å². The second-order valence-electron chi connectivity index (χ2n) is 4.02. The Bertz CT molecular complexity index is 354. The van der Waals surface area contributed by atoms with Gasteiger partial charge in [0.15, 0.2) is 0 Å². The molecule has 15 heavy (non-hydrogen) atoms. The zero-order valence-corrected chi connectivity index (χ0v) is 8.42. The van der Waals surface area contributed by atoms with E-state index in [-0.39, 0.29) is 11.9 Å². The van der Waals surface area contributed by atoms with E-state index in [4.69, 9.17) is 5.73 Å². The van der Waals surface area contributed by atoms with Gasteiger partial charge in [0.25, 0.3) is 0 Å². The minimum atomic E-state index is -0.394. The predicted octanol–water partition coefficient (Wildman–Crippen LogP) is 1.50. The molecule has 0 spiro atoms. The van der Waals surface area contributed by atoms with Crippen LogP contribution in [0.15, 0.2) is 18.2 Å². The minimum absolute atomic E-state index is 0.168. The molecule has 4 heteroatoms. The van der Waals surface area contributed by atoms with Gasteiger partial charge in [-0.2, -0.15) is 0 Å². The van der Waals surface area contributed by atoms with E-state index in [0.29, 0.717) is 12.1 Å². The van der Waals surface area contributed by atoms with E-state index in [1.165, 1.54) is 12.1 Å². The molecule has 2 N–H and O–H groups in total. The molecule has 0 unspecified atom stereocenters. The second-order valence-corrected chi connectivity index (χ2v) is 4.02. The quantitative estimate of drug-likeness (QED) is 0.805. The van der Waals surface area contributed by atoms with E-state index in [0.717, 1.165) is 25.6 Å². The Morgan fingerprint density at radius 2 is 2.20 bits per heavy atom. The third kappa shape index (κ3) is 2.52. The summed E-state index contributed by atoms with van der Waals surface area (Å²) in [6.07, 6.45) is 0.928. The summed E-state index contributed by atoms with van der Waals surface area (Å²) in [5.41, 5.74) is 6.14. The summed E-state index contributed by atoms with van der Waals surface area (Å²) in [7, 11) is 0. The maximum absolute atomic E-state index is 13.3. The SMILES string of the molecule is N[C@@H]1CCN(Cc2cc(F)ccc2F)C1. The van der Waals surface area contributed by atoms with Crippen LogP contribution in [-0.2, 0) is 6.54 Å². The highest BCUT2D eigenvalue weighted by atomic mass is 19.1. The van der Waals surface area contributed by atoms with Crippen LogP contribution in [0.25, 0.3) is 0 Å². The first-order valence-corrected chi connectivity index (χ1v) is 5.07.